The highest BCUT2D eigenvalue weighted by Gasteiger charge is 2.15. The lowest BCUT2D eigenvalue weighted by Gasteiger charge is -2.07. The maximum Gasteiger partial charge on any atom is 0.261 e. The minimum Gasteiger partial charge on any atom is -0.322 e. The fraction of sp³-hybridized carbons (Fsp3) is 0.235. The average molecular weight is 294 g/mol. The van der Waals surface area contributed by atoms with Gasteiger partial charge in [0.1, 0.15) is 5.56 Å². The molecule has 0 spiro atoms. The van der Waals surface area contributed by atoms with Gasteiger partial charge in [0.15, 0.2) is 5.65 Å². The first-order chi connectivity index (χ1) is 10.4. The molecule has 0 aliphatic carbocycles. The van der Waals surface area contributed by atoms with Crippen LogP contribution >= 0.6 is 0 Å². The molecular formula is C17H18N4O. The topological polar surface area (TPSA) is 59.3 Å². The molecule has 1 N–H and O–H groups in total. The van der Waals surface area contributed by atoms with E-state index in [1.165, 1.54) is 0 Å². The number of benzene rings is 1. The molecule has 5 nitrogen and oxygen atoms in total. The predicted molar refractivity (Wildman–Crippen MR) is 86.3 cm³/mol. The van der Waals surface area contributed by atoms with Gasteiger partial charge in [-0.2, -0.15) is 5.10 Å². The van der Waals surface area contributed by atoms with E-state index in [4.69, 9.17) is 0 Å². The van der Waals surface area contributed by atoms with Crippen molar-refractivity contribution in [1.29, 1.82) is 0 Å². The number of aromatic nitrogens is 3. The summed E-state index contributed by atoms with van der Waals surface area (Å²) in [7, 11) is 0. The van der Waals surface area contributed by atoms with Gasteiger partial charge >= 0.3 is 0 Å². The van der Waals surface area contributed by atoms with E-state index < -0.39 is 0 Å². The monoisotopic (exact) mass is 294 g/mol. The van der Waals surface area contributed by atoms with Crippen LogP contribution < -0.4 is 5.32 Å². The molecule has 0 fully saturated rings. The Labute approximate surface area is 129 Å². The summed E-state index contributed by atoms with van der Waals surface area (Å²) in [4.78, 5) is 17.0. The zero-order valence-corrected chi connectivity index (χ0v) is 13.1. The number of hydrogen-bond donors (Lipinski definition) is 1. The summed E-state index contributed by atoms with van der Waals surface area (Å²) in [6.07, 6.45) is 1.56. The summed E-state index contributed by atoms with van der Waals surface area (Å²) in [6, 6.07) is 7.89. The van der Waals surface area contributed by atoms with Crippen molar-refractivity contribution in [2.75, 3.05) is 5.32 Å². The smallest absolute Gasteiger partial charge is 0.261 e. The predicted octanol–water partition coefficient (Wildman–Crippen LogP) is 3.22. The third kappa shape index (κ3) is 2.57. The normalized spacial score (nSPS) is 10.9. The summed E-state index contributed by atoms with van der Waals surface area (Å²) in [6.45, 7) is 7.87. The van der Waals surface area contributed by atoms with Crippen molar-refractivity contribution >= 4 is 17.2 Å². The third-order valence-electron chi connectivity index (χ3n) is 3.50. The van der Waals surface area contributed by atoms with Crippen LogP contribution in [-0.4, -0.2) is 20.5 Å². The van der Waals surface area contributed by atoms with E-state index in [1.54, 1.807) is 10.7 Å². The van der Waals surface area contributed by atoms with Crippen molar-refractivity contribution in [1.82, 2.24) is 14.6 Å². The zero-order chi connectivity index (χ0) is 15.9. The van der Waals surface area contributed by atoms with Crippen molar-refractivity contribution in [3.8, 4) is 0 Å². The largest absolute Gasteiger partial charge is 0.322 e. The molecule has 5 heteroatoms. The molecule has 2 aromatic heterocycles. The Morgan fingerprint density at radius 2 is 1.73 bits per heavy atom. The first-order valence-corrected chi connectivity index (χ1v) is 7.15. The quantitative estimate of drug-likeness (QED) is 0.789. The second kappa shape index (κ2) is 5.26. The lowest BCUT2D eigenvalue weighted by atomic mass is 10.1. The second-order valence-electron chi connectivity index (χ2n) is 5.66. The first kappa shape index (κ1) is 14.3. The molecule has 0 atom stereocenters. The minimum atomic E-state index is -0.197. The lowest BCUT2D eigenvalue weighted by Crippen LogP contribution is -2.12. The standard InChI is InChI=1S/C17H18N4O/c1-10-5-11(2)7-14(6-10)20-17(22)15-9-18-21-13(4)8-12(3)19-16(15)21/h5-9H,1-4H3,(H,20,22). The number of nitrogens with one attached hydrogen (secondary N) is 1. The van der Waals surface area contributed by atoms with Gasteiger partial charge in [0.05, 0.1) is 6.20 Å². The summed E-state index contributed by atoms with van der Waals surface area (Å²) in [5, 5.41) is 7.18. The van der Waals surface area contributed by atoms with E-state index in [-0.39, 0.29) is 5.91 Å². The SMILES string of the molecule is Cc1cc(C)cc(NC(=O)c2cnn3c(C)cc(C)nc23)c1. The maximum absolute atomic E-state index is 12.5. The first-order valence-electron chi connectivity index (χ1n) is 7.15. The van der Waals surface area contributed by atoms with E-state index in [0.29, 0.717) is 11.2 Å². The molecule has 0 bridgehead atoms. The van der Waals surface area contributed by atoms with Crippen LogP contribution in [0.3, 0.4) is 0 Å². The van der Waals surface area contributed by atoms with Crippen LogP contribution in [0.2, 0.25) is 0 Å². The van der Waals surface area contributed by atoms with Crippen LogP contribution in [0, 0.1) is 27.7 Å². The number of aryl methyl sites for hydroxylation is 4. The molecule has 3 aromatic rings. The Bertz CT molecular complexity index is 859. The molecule has 0 radical (unpaired) electrons. The Hall–Kier alpha value is -2.69. The summed E-state index contributed by atoms with van der Waals surface area (Å²) < 4.78 is 1.68. The number of carbonyl (C=O) groups excluding carboxylic acids is 1. The van der Waals surface area contributed by atoms with Gasteiger partial charge < -0.3 is 5.32 Å². The molecule has 1 aromatic carbocycles. The fourth-order valence-electron chi connectivity index (χ4n) is 2.68. The van der Waals surface area contributed by atoms with Crippen LogP contribution in [0.25, 0.3) is 5.65 Å². The minimum absolute atomic E-state index is 0.197. The molecule has 0 unspecified atom stereocenters. The van der Waals surface area contributed by atoms with E-state index >= 15 is 0 Å². The van der Waals surface area contributed by atoms with Crippen molar-refractivity contribution < 1.29 is 4.79 Å². The summed E-state index contributed by atoms with van der Waals surface area (Å²) >= 11 is 0. The van der Waals surface area contributed by atoms with Crippen LogP contribution in [0.1, 0.15) is 32.9 Å². The molecule has 112 valence electrons. The number of fused-ring (bicyclic) bond motifs is 1. The lowest BCUT2D eigenvalue weighted by molar-refractivity contribution is 0.102. The van der Waals surface area contributed by atoms with Gasteiger partial charge in [-0.15, -0.1) is 0 Å². The van der Waals surface area contributed by atoms with Gasteiger partial charge in [-0.05, 0) is 57.0 Å². The van der Waals surface area contributed by atoms with Crippen LogP contribution in [0.15, 0.2) is 30.5 Å². The molecule has 22 heavy (non-hydrogen) atoms. The molecule has 2 heterocycles. The van der Waals surface area contributed by atoms with Gasteiger partial charge in [-0.3, -0.25) is 4.79 Å². The van der Waals surface area contributed by atoms with E-state index in [9.17, 15) is 4.79 Å². The zero-order valence-electron chi connectivity index (χ0n) is 13.1. The average Bonchev–Trinajstić information content (AvgIpc) is 2.81. The third-order valence-corrected chi connectivity index (χ3v) is 3.50. The van der Waals surface area contributed by atoms with Crippen LogP contribution in [-0.2, 0) is 0 Å². The second-order valence-corrected chi connectivity index (χ2v) is 5.66. The molecule has 0 aliphatic rings. The number of rotatable bonds is 2. The van der Waals surface area contributed by atoms with Crippen molar-refractivity contribution in [3.05, 3.63) is 58.5 Å². The highest BCUT2D eigenvalue weighted by atomic mass is 16.1. The number of anilines is 1. The van der Waals surface area contributed by atoms with E-state index in [2.05, 4.69) is 21.5 Å². The van der Waals surface area contributed by atoms with Crippen molar-refractivity contribution in [3.63, 3.8) is 0 Å². The fourth-order valence-corrected chi connectivity index (χ4v) is 2.68. The van der Waals surface area contributed by atoms with Gasteiger partial charge in [0.2, 0.25) is 0 Å². The van der Waals surface area contributed by atoms with E-state index in [1.807, 2.05) is 45.9 Å². The summed E-state index contributed by atoms with van der Waals surface area (Å²) in [5.41, 5.74) is 5.88. The van der Waals surface area contributed by atoms with Crippen LogP contribution in [0.5, 0.6) is 0 Å². The van der Waals surface area contributed by atoms with Crippen molar-refractivity contribution in [2.45, 2.75) is 27.7 Å². The number of carbonyl (C=O) groups is 1. The maximum atomic E-state index is 12.5. The molecule has 0 aliphatic heterocycles. The molecule has 0 saturated heterocycles. The van der Waals surface area contributed by atoms with Crippen LogP contribution in [0.4, 0.5) is 5.69 Å². The number of hydrogen-bond acceptors (Lipinski definition) is 3. The van der Waals surface area contributed by atoms with Gasteiger partial charge in [-0.1, -0.05) is 6.07 Å². The Morgan fingerprint density at radius 1 is 1.05 bits per heavy atom. The molecule has 3 rings (SSSR count). The van der Waals surface area contributed by atoms with E-state index in [0.717, 1.165) is 28.2 Å². The Morgan fingerprint density at radius 3 is 2.41 bits per heavy atom. The Kier molecular flexibility index (Phi) is 3.41. The number of amides is 1. The van der Waals surface area contributed by atoms with Gasteiger partial charge in [0, 0.05) is 17.1 Å². The van der Waals surface area contributed by atoms with Gasteiger partial charge in [0.25, 0.3) is 5.91 Å². The highest BCUT2D eigenvalue weighted by Crippen LogP contribution is 2.17. The van der Waals surface area contributed by atoms with Crippen molar-refractivity contribution in [2.24, 2.45) is 0 Å². The highest BCUT2D eigenvalue weighted by molar-refractivity contribution is 6.08. The molecule has 1 amide bonds. The molecule has 0 saturated carbocycles. The van der Waals surface area contributed by atoms with Gasteiger partial charge in [-0.25, -0.2) is 9.50 Å². The molecular weight excluding hydrogens is 276 g/mol. The summed E-state index contributed by atoms with van der Waals surface area (Å²) in [5.74, 6) is -0.197. The Balaban J connectivity index is 1.99. The number of nitrogens with zero attached hydrogens (tertiary/aromatic N) is 3.